The lowest BCUT2D eigenvalue weighted by Crippen LogP contribution is -1.94. The second-order valence-corrected chi connectivity index (χ2v) is 8.31. The minimum Gasteiger partial charge on any atom is -0.497 e. The molecular formula is C21H16N4OS2. The third kappa shape index (κ3) is 2.98. The van der Waals surface area contributed by atoms with Crippen LogP contribution in [0.25, 0.3) is 30.9 Å². The molecule has 0 spiro atoms. The van der Waals surface area contributed by atoms with Crippen LogP contribution in [0.4, 0.5) is 11.5 Å². The van der Waals surface area contributed by atoms with Crippen molar-refractivity contribution in [2.45, 2.75) is 6.92 Å². The first kappa shape index (κ1) is 17.1. The maximum absolute atomic E-state index is 5.32. The van der Waals surface area contributed by atoms with E-state index in [0.29, 0.717) is 0 Å². The smallest absolute Gasteiger partial charge is 0.142 e. The van der Waals surface area contributed by atoms with Crippen molar-refractivity contribution in [1.29, 1.82) is 0 Å². The third-order valence-electron chi connectivity index (χ3n) is 4.62. The Morgan fingerprint density at radius 2 is 1.93 bits per heavy atom. The van der Waals surface area contributed by atoms with Gasteiger partial charge in [-0.2, -0.15) is 0 Å². The molecule has 0 radical (unpaired) electrons. The first-order valence-electron chi connectivity index (χ1n) is 8.71. The van der Waals surface area contributed by atoms with E-state index >= 15 is 0 Å². The normalized spacial score (nSPS) is 11.2. The van der Waals surface area contributed by atoms with E-state index in [4.69, 9.17) is 4.74 Å². The van der Waals surface area contributed by atoms with Crippen LogP contribution >= 0.6 is 22.7 Å². The number of thiophene rings is 1. The Labute approximate surface area is 169 Å². The van der Waals surface area contributed by atoms with Crippen LogP contribution in [-0.2, 0) is 0 Å². The maximum Gasteiger partial charge on any atom is 0.142 e. The van der Waals surface area contributed by atoms with Crippen molar-refractivity contribution in [3.63, 3.8) is 0 Å². The van der Waals surface area contributed by atoms with Crippen LogP contribution in [0.5, 0.6) is 5.75 Å². The van der Waals surface area contributed by atoms with Crippen molar-refractivity contribution in [2.24, 2.45) is 0 Å². The summed E-state index contributed by atoms with van der Waals surface area (Å²) in [5.74, 6) is 1.66. The van der Waals surface area contributed by atoms with Gasteiger partial charge in [0.1, 0.15) is 22.7 Å². The highest BCUT2D eigenvalue weighted by Gasteiger charge is 2.13. The molecule has 3 aromatic heterocycles. The molecule has 1 N–H and O–H groups in total. The molecule has 0 unspecified atom stereocenters. The monoisotopic (exact) mass is 404 g/mol. The number of rotatable bonds is 4. The highest BCUT2D eigenvalue weighted by atomic mass is 32.1. The van der Waals surface area contributed by atoms with E-state index in [2.05, 4.69) is 51.5 Å². The molecule has 2 aromatic carbocycles. The average molecular weight is 405 g/mol. The first-order chi connectivity index (χ1) is 13.7. The van der Waals surface area contributed by atoms with Crippen LogP contribution in [-0.4, -0.2) is 22.1 Å². The van der Waals surface area contributed by atoms with Crippen LogP contribution < -0.4 is 10.1 Å². The Morgan fingerprint density at radius 3 is 2.79 bits per heavy atom. The number of nitrogens with one attached hydrogen (secondary N) is 1. The number of methoxy groups -OCH3 is 1. The summed E-state index contributed by atoms with van der Waals surface area (Å²) in [6, 6.07) is 14.5. The highest BCUT2D eigenvalue weighted by molar-refractivity contribution is 7.22. The molecule has 0 saturated heterocycles. The molecule has 28 heavy (non-hydrogen) atoms. The second kappa shape index (κ2) is 6.85. The van der Waals surface area contributed by atoms with Crippen molar-refractivity contribution in [3.8, 4) is 16.2 Å². The summed E-state index contributed by atoms with van der Waals surface area (Å²) < 4.78 is 6.49. The first-order valence-corrected chi connectivity index (χ1v) is 10.4. The van der Waals surface area contributed by atoms with Gasteiger partial charge in [-0.05, 0) is 60.5 Å². The van der Waals surface area contributed by atoms with E-state index in [1.807, 2.05) is 23.7 Å². The molecule has 0 atom stereocenters. The summed E-state index contributed by atoms with van der Waals surface area (Å²) in [4.78, 5) is 15.4. The van der Waals surface area contributed by atoms with Crippen LogP contribution in [0.3, 0.4) is 0 Å². The summed E-state index contributed by atoms with van der Waals surface area (Å²) in [6.07, 6.45) is 1.60. The molecule has 0 fully saturated rings. The van der Waals surface area contributed by atoms with Crippen molar-refractivity contribution < 1.29 is 4.74 Å². The maximum atomic E-state index is 5.32. The van der Waals surface area contributed by atoms with Crippen molar-refractivity contribution in [3.05, 3.63) is 59.9 Å². The molecule has 5 rings (SSSR count). The van der Waals surface area contributed by atoms with Gasteiger partial charge in [0.25, 0.3) is 0 Å². The van der Waals surface area contributed by atoms with Gasteiger partial charge in [0.15, 0.2) is 0 Å². The van der Waals surface area contributed by atoms with Gasteiger partial charge in [-0.1, -0.05) is 0 Å². The molecule has 0 aliphatic carbocycles. The van der Waals surface area contributed by atoms with Crippen LogP contribution in [0.15, 0.2) is 54.3 Å². The fraction of sp³-hybridized carbons (Fsp3) is 0.0952. The van der Waals surface area contributed by atoms with Gasteiger partial charge >= 0.3 is 0 Å². The molecule has 3 heterocycles. The molecule has 7 heteroatoms. The number of anilines is 2. The fourth-order valence-corrected chi connectivity index (χ4v) is 4.95. The van der Waals surface area contributed by atoms with E-state index in [0.717, 1.165) is 37.9 Å². The number of fused-ring (bicyclic) bond motifs is 2. The number of nitrogens with zero attached hydrogens (tertiary/aromatic N) is 3. The Kier molecular flexibility index (Phi) is 4.18. The number of benzene rings is 2. The molecule has 5 aromatic rings. The van der Waals surface area contributed by atoms with Crippen LogP contribution in [0, 0.1) is 6.92 Å². The topological polar surface area (TPSA) is 59.9 Å². The SMILES string of the molecule is COc1ccc(-c2cc3c(Nc4ccc5scnc5c4)ncnc3s2)c(C)c1. The highest BCUT2D eigenvalue weighted by Crippen LogP contribution is 2.38. The average Bonchev–Trinajstić information content (AvgIpc) is 3.34. The van der Waals surface area contributed by atoms with Crippen LogP contribution in [0.1, 0.15) is 5.56 Å². The number of hydrogen-bond donors (Lipinski definition) is 1. The molecular weight excluding hydrogens is 388 g/mol. The van der Waals surface area contributed by atoms with Crippen molar-refractivity contribution in [1.82, 2.24) is 15.0 Å². The number of aromatic nitrogens is 3. The number of thiazole rings is 1. The summed E-state index contributed by atoms with van der Waals surface area (Å²) >= 11 is 3.30. The van der Waals surface area contributed by atoms with E-state index in [1.54, 1.807) is 36.1 Å². The zero-order chi connectivity index (χ0) is 19.1. The molecule has 5 nitrogen and oxygen atoms in total. The lowest BCUT2D eigenvalue weighted by atomic mass is 10.1. The summed E-state index contributed by atoms with van der Waals surface area (Å²) in [7, 11) is 1.68. The van der Waals surface area contributed by atoms with Crippen molar-refractivity contribution >= 4 is 54.6 Å². The standard InChI is InChI=1S/C21H16N4OS2/c1-12-7-14(26-2)4-5-15(12)19-9-16-20(22-10-23-21(16)28-19)25-13-3-6-18-17(8-13)24-11-27-18/h3-11H,1-2H3,(H,22,23,25). The second-order valence-electron chi connectivity index (χ2n) is 6.39. The Morgan fingerprint density at radius 1 is 1.00 bits per heavy atom. The molecule has 0 saturated carbocycles. The largest absolute Gasteiger partial charge is 0.497 e. The van der Waals surface area contributed by atoms with Gasteiger partial charge in [0.2, 0.25) is 0 Å². The molecule has 0 aliphatic heterocycles. The Hall–Kier alpha value is -3.03. The molecule has 0 bridgehead atoms. The summed E-state index contributed by atoms with van der Waals surface area (Å²) in [6.45, 7) is 2.09. The minimum absolute atomic E-state index is 0.799. The molecule has 138 valence electrons. The van der Waals surface area contributed by atoms with Gasteiger partial charge in [-0.15, -0.1) is 22.7 Å². The van der Waals surface area contributed by atoms with Gasteiger partial charge < -0.3 is 10.1 Å². The van der Waals surface area contributed by atoms with E-state index in [9.17, 15) is 0 Å². The van der Waals surface area contributed by atoms with Gasteiger partial charge in [0, 0.05) is 10.6 Å². The zero-order valence-electron chi connectivity index (χ0n) is 15.3. The molecule has 0 amide bonds. The predicted octanol–water partition coefficient (Wildman–Crippen LogP) is 6.03. The Bertz CT molecular complexity index is 1310. The quantitative estimate of drug-likeness (QED) is 0.396. The van der Waals surface area contributed by atoms with Crippen molar-refractivity contribution in [2.75, 3.05) is 12.4 Å². The van der Waals surface area contributed by atoms with Gasteiger partial charge in [-0.25, -0.2) is 15.0 Å². The van der Waals surface area contributed by atoms with E-state index in [-0.39, 0.29) is 0 Å². The van der Waals surface area contributed by atoms with Gasteiger partial charge in [0.05, 0.1) is 28.2 Å². The van der Waals surface area contributed by atoms with E-state index in [1.165, 1.54) is 15.8 Å². The summed E-state index contributed by atoms with van der Waals surface area (Å²) in [5, 5.41) is 4.44. The number of ether oxygens (including phenoxy) is 1. The molecule has 0 aliphatic rings. The minimum atomic E-state index is 0.799. The number of hydrogen-bond acceptors (Lipinski definition) is 7. The van der Waals surface area contributed by atoms with Crippen LogP contribution in [0.2, 0.25) is 0 Å². The third-order valence-corrected chi connectivity index (χ3v) is 6.51. The predicted molar refractivity (Wildman–Crippen MR) is 117 cm³/mol. The van der Waals surface area contributed by atoms with E-state index < -0.39 is 0 Å². The summed E-state index contributed by atoms with van der Waals surface area (Å²) in [5.41, 5.74) is 6.16. The van der Waals surface area contributed by atoms with Gasteiger partial charge in [-0.3, -0.25) is 0 Å². The lowest BCUT2D eigenvalue weighted by Gasteiger charge is -2.06. The number of aryl methyl sites for hydroxylation is 1. The lowest BCUT2D eigenvalue weighted by molar-refractivity contribution is 0.414. The Balaban J connectivity index is 1.55. The fourth-order valence-electron chi connectivity index (χ4n) is 3.20. The zero-order valence-corrected chi connectivity index (χ0v) is 16.9.